The first-order valence-electron chi connectivity index (χ1n) is 6.63. The Kier molecular flexibility index (Phi) is 5.55. The number of rotatable bonds is 6. The number of nitrogen functional groups attached to an aromatic ring is 1. The van der Waals surface area contributed by atoms with Crippen LogP contribution in [0.4, 0.5) is 5.69 Å². The third kappa shape index (κ3) is 4.31. The quantitative estimate of drug-likeness (QED) is 0.617. The number of nitrogens with two attached hydrogens (primary N) is 1. The molecule has 0 spiro atoms. The number of benzene rings is 1. The van der Waals surface area contributed by atoms with E-state index in [4.69, 9.17) is 15.2 Å². The summed E-state index contributed by atoms with van der Waals surface area (Å²) in [6.45, 7) is 1.39. The van der Waals surface area contributed by atoms with Crippen LogP contribution in [0.5, 0.6) is 5.75 Å². The molecule has 1 saturated heterocycles. The molecule has 0 aromatic heterocycles. The Balaban J connectivity index is 1.77. The van der Waals surface area contributed by atoms with E-state index in [0.29, 0.717) is 18.0 Å². The summed E-state index contributed by atoms with van der Waals surface area (Å²) in [7, 11) is 1.61. The van der Waals surface area contributed by atoms with Gasteiger partial charge in [-0.1, -0.05) is 0 Å². The van der Waals surface area contributed by atoms with Crippen LogP contribution >= 0.6 is 11.8 Å². The normalized spacial score (nSPS) is 17.9. The summed E-state index contributed by atoms with van der Waals surface area (Å²) in [6, 6.07) is 5.43. The van der Waals surface area contributed by atoms with E-state index in [1.54, 1.807) is 19.2 Å². The van der Waals surface area contributed by atoms with E-state index in [1.165, 1.54) is 11.8 Å². The van der Waals surface area contributed by atoms with Crippen molar-refractivity contribution in [1.82, 2.24) is 5.32 Å². The number of amides is 1. The summed E-state index contributed by atoms with van der Waals surface area (Å²) in [5.41, 5.74) is 6.53. The van der Waals surface area contributed by atoms with E-state index in [1.807, 2.05) is 6.07 Å². The largest absolute Gasteiger partial charge is 0.497 e. The Bertz CT molecular complexity index is 462. The molecule has 0 saturated carbocycles. The Morgan fingerprint density at radius 2 is 2.45 bits per heavy atom. The van der Waals surface area contributed by atoms with Gasteiger partial charge in [0.1, 0.15) is 5.75 Å². The zero-order valence-electron chi connectivity index (χ0n) is 11.6. The molecule has 0 aliphatic carbocycles. The molecule has 1 aromatic rings. The summed E-state index contributed by atoms with van der Waals surface area (Å²) in [4.78, 5) is 12.6. The van der Waals surface area contributed by atoms with Crippen molar-refractivity contribution in [3.05, 3.63) is 18.2 Å². The van der Waals surface area contributed by atoms with E-state index in [0.717, 1.165) is 30.1 Å². The molecule has 20 heavy (non-hydrogen) atoms. The highest BCUT2D eigenvalue weighted by molar-refractivity contribution is 8.00. The van der Waals surface area contributed by atoms with Crippen molar-refractivity contribution in [2.75, 3.05) is 31.7 Å². The standard InChI is InChI=1S/C14H20N2O3S/c1-18-10-4-5-12(15)13(7-10)20-9-14(17)16-8-11-3-2-6-19-11/h4-5,7,11H,2-3,6,8-9,15H2,1H3,(H,16,17). The van der Waals surface area contributed by atoms with E-state index in [2.05, 4.69) is 5.32 Å². The van der Waals surface area contributed by atoms with Gasteiger partial charge in [0.2, 0.25) is 5.91 Å². The van der Waals surface area contributed by atoms with Gasteiger partial charge >= 0.3 is 0 Å². The first-order valence-corrected chi connectivity index (χ1v) is 7.62. The Hall–Kier alpha value is -1.40. The fraction of sp³-hybridized carbons (Fsp3) is 0.500. The highest BCUT2D eigenvalue weighted by Gasteiger charge is 2.16. The summed E-state index contributed by atoms with van der Waals surface area (Å²) >= 11 is 1.41. The maximum absolute atomic E-state index is 11.8. The lowest BCUT2D eigenvalue weighted by Gasteiger charge is -2.11. The minimum atomic E-state index is -0.00674. The van der Waals surface area contributed by atoms with E-state index >= 15 is 0 Å². The van der Waals surface area contributed by atoms with Crippen molar-refractivity contribution >= 4 is 23.4 Å². The zero-order valence-corrected chi connectivity index (χ0v) is 12.4. The highest BCUT2D eigenvalue weighted by Crippen LogP contribution is 2.28. The molecular weight excluding hydrogens is 276 g/mol. The number of carbonyl (C=O) groups is 1. The topological polar surface area (TPSA) is 73.6 Å². The molecule has 3 N–H and O–H groups in total. The maximum atomic E-state index is 11.8. The average Bonchev–Trinajstić information content (AvgIpc) is 2.97. The molecule has 6 heteroatoms. The van der Waals surface area contributed by atoms with Crippen molar-refractivity contribution in [2.24, 2.45) is 0 Å². The number of thioether (sulfide) groups is 1. The third-order valence-electron chi connectivity index (χ3n) is 3.13. The lowest BCUT2D eigenvalue weighted by atomic mass is 10.2. The second kappa shape index (κ2) is 7.40. The second-order valence-corrected chi connectivity index (χ2v) is 5.65. The molecule has 5 nitrogen and oxygen atoms in total. The predicted molar refractivity (Wildman–Crippen MR) is 80.1 cm³/mol. The van der Waals surface area contributed by atoms with Crippen LogP contribution in [0.3, 0.4) is 0 Å². The van der Waals surface area contributed by atoms with Crippen molar-refractivity contribution in [3.63, 3.8) is 0 Å². The van der Waals surface area contributed by atoms with Crippen molar-refractivity contribution in [2.45, 2.75) is 23.8 Å². The third-order valence-corrected chi connectivity index (χ3v) is 4.20. The number of nitrogens with one attached hydrogen (secondary N) is 1. The fourth-order valence-electron chi connectivity index (χ4n) is 1.99. The lowest BCUT2D eigenvalue weighted by molar-refractivity contribution is -0.119. The first-order chi connectivity index (χ1) is 9.69. The van der Waals surface area contributed by atoms with Crippen molar-refractivity contribution in [1.29, 1.82) is 0 Å². The van der Waals surface area contributed by atoms with Crippen LogP contribution in [0.2, 0.25) is 0 Å². The number of hydrogen-bond donors (Lipinski definition) is 2. The monoisotopic (exact) mass is 296 g/mol. The molecule has 1 aliphatic rings. The molecule has 1 unspecified atom stereocenters. The Labute approximate surface area is 123 Å². The molecule has 0 radical (unpaired) electrons. The van der Waals surface area contributed by atoms with Crippen LogP contribution in [0.15, 0.2) is 23.1 Å². The van der Waals surface area contributed by atoms with Crippen molar-refractivity contribution < 1.29 is 14.3 Å². The predicted octanol–water partition coefficient (Wildman–Crippen LogP) is 1.66. The van der Waals surface area contributed by atoms with Gasteiger partial charge in [0.25, 0.3) is 0 Å². The number of hydrogen-bond acceptors (Lipinski definition) is 5. The smallest absolute Gasteiger partial charge is 0.230 e. The van der Waals surface area contributed by atoms with E-state index in [9.17, 15) is 4.79 Å². The Morgan fingerprint density at radius 1 is 1.60 bits per heavy atom. The first kappa shape index (κ1) is 15.0. The minimum Gasteiger partial charge on any atom is -0.497 e. The minimum absolute atomic E-state index is 0.00674. The van der Waals surface area contributed by atoms with Crippen LogP contribution in [-0.4, -0.2) is 38.0 Å². The molecule has 1 amide bonds. The summed E-state index contributed by atoms with van der Waals surface area (Å²) in [6.07, 6.45) is 2.28. The van der Waals surface area contributed by atoms with E-state index < -0.39 is 0 Å². The van der Waals surface area contributed by atoms with Gasteiger partial charge in [-0.05, 0) is 31.0 Å². The molecule has 1 aliphatic heterocycles. The van der Waals surface area contributed by atoms with E-state index in [-0.39, 0.29) is 12.0 Å². The number of methoxy groups -OCH3 is 1. The van der Waals surface area contributed by atoms with Crippen LogP contribution in [0.1, 0.15) is 12.8 Å². The maximum Gasteiger partial charge on any atom is 0.230 e. The molecule has 1 atom stereocenters. The summed E-state index contributed by atoms with van der Waals surface area (Å²) < 4.78 is 10.6. The zero-order chi connectivity index (χ0) is 14.4. The number of anilines is 1. The van der Waals surface area contributed by atoms with Gasteiger partial charge < -0.3 is 20.5 Å². The van der Waals surface area contributed by atoms with Gasteiger partial charge in [-0.15, -0.1) is 11.8 Å². The molecule has 0 bridgehead atoms. The molecule has 1 aromatic carbocycles. The van der Waals surface area contributed by atoms with Gasteiger partial charge in [-0.3, -0.25) is 4.79 Å². The Morgan fingerprint density at radius 3 is 3.15 bits per heavy atom. The van der Waals surface area contributed by atoms with Crippen LogP contribution in [0.25, 0.3) is 0 Å². The summed E-state index contributed by atoms with van der Waals surface area (Å²) in [5, 5.41) is 2.89. The van der Waals surface area contributed by atoms with Gasteiger partial charge in [-0.2, -0.15) is 0 Å². The van der Waals surface area contributed by atoms with Gasteiger partial charge in [0.05, 0.1) is 19.0 Å². The summed E-state index contributed by atoms with van der Waals surface area (Å²) in [5.74, 6) is 1.07. The van der Waals surface area contributed by atoms with Crippen LogP contribution in [0, 0.1) is 0 Å². The second-order valence-electron chi connectivity index (χ2n) is 4.63. The fourth-order valence-corrected chi connectivity index (χ4v) is 2.82. The average molecular weight is 296 g/mol. The van der Waals surface area contributed by atoms with Crippen molar-refractivity contribution in [3.8, 4) is 5.75 Å². The number of ether oxygens (including phenoxy) is 2. The van der Waals surface area contributed by atoms with Crippen LogP contribution < -0.4 is 15.8 Å². The molecular formula is C14H20N2O3S. The SMILES string of the molecule is COc1ccc(N)c(SCC(=O)NCC2CCCO2)c1. The molecule has 1 heterocycles. The van der Waals surface area contributed by atoms with Gasteiger partial charge in [-0.25, -0.2) is 0 Å². The lowest BCUT2D eigenvalue weighted by Crippen LogP contribution is -2.32. The number of carbonyl (C=O) groups excluding carboxylic acids is 1. The molecule has 2 rings (SSSR count). The molecule has 110 valence electrons. The van der Waals surface area contributed by atoms with Crippen LogP contribution in [-0.2, 0) is 9.53 Å². The molecule has 1 fully saturated rings. The highest BCUT2D eigenvalue weighted by atomic mass is 32.2. The van der Waals surface area contributed by atoms with Gasteiger partial charge in [0, 0.05) is 23.7 Å². The van der Waals surface area contributed by atoms with Gasteiger partial charge in [0.15, 0.2) is 0 Å².